The fourth-order valence-electron chi connectivity index (χ4n) is 2.33. The SMILES string of the molecule is CC(C)(C)[Si](C)(C)O[C@@H](Cc1ccccc1OCc1ccnc(Cl)n1)C(=O)O. The van der Waals surface area contributed by atoms with E-state index in [9.17, 15) is 9.90 Å². The number of ether oxygens (including phenoxy) is 1. The zero-order chi connectivity index (χ0) is 20.9. The average Bonchev–Trinajstić information content (AvgIpc) is 2.59. The summed E-state index contributed by atoms with van der Waals surface area (Å²) >= 11 is 5.80. The molecule has 1 aromatic heterocycles. The van der Waals surface area contributed by atoms with Gasteiger partial charge in [-0.1, -0.05) is 39.0 Å². The summed E-state index contributed by atoms with van der Waals surface area (Å²) in [5, 5.41) is 9.79. The first-order chi connectivity index (χ1) is 13.0. The molecule has 152 valence electrons. The predicted octanol–water partition coefficient (Wildman–Crippen LogP) is 4.73. The zero-order valence-electron chi connectivity index (χ0n) is 16.9. The molecule has 0 aliphatic rings. The number of rotatable bonds is 8. The molecule has 1 N–H and O–H groups in total. The van der Waals surface area contributed by atoms with Gasteiger partial charge in [0.2, 0.25) is 5.28 Å². The number of hydrogen-bond donors (Lipinski definition) is 1. The first kappa shape index (κ1) is 22.3. The molecule has 28 heavy (non-hydrogen) atoms. The summed E-state index contributed by atoms with van der Waals surface area (Å²) < 4.78 is 12.0. The van der Waals surface area contributed by atoms with E-state index >= 15 is 0 Å². The normalized spacial score (nSPS) is 13.2. The minimum atomic E-state index is -2.23. The summed E-state index contributed by atoms with van der Waals surface area (Å²) in [6.45, 7) is 10.6. The molecule has 1 heterocycles. The molecule has 0 fully saturated rings. The predicted molar refractivity (Wildman–Crippen MR) is 111 cm³/mol. The van der Waals surface area contributed by atoms with E-state index < -0.39 is 20.4 Å². The second kappa shape index (κ2) is 9.02. The summed E-state index contributed by atoms with van der Waals surface area (Å²) in [6.07, 6.45) is 0.856. The number of carboxylic acid groups (broad SMARTS) is 1. The van der Waals surface area contributed by atoms with E-state index in [2.05, 4.69) is 30.7 Å². The molecule has 0 spiro atoms. The molecular formula is C20H27ClN2O4Si. The summed E-state index contributed by atoms with van der Waals surface area (Å²) in [7, 11) is -2.23. The zero-order valence-corrected chi connectivity index (χ0v) is 18.7. The molecule has 8 heteroatoms. The molecule has 6 nitrogen and oxygen atoms in total. The lowest BCUT2D eigenvalue weighted by molar-refractivity contribution is -0.145. The van der Waals surface area contributed by atoms with Crippen LogP contribution in [0.15, 0.2) is 36.5 Å². The molecule has 1 aromatic carbocycles. The van der Waals surface area contributed by atoms with Crippen LogP contribution < -0.4 is 4.74 Å². The first-order valence-electron chi connectivity index (χ1n) is 9.08. The van der Waals surface area contributed by atoms with Crippen LogP contribution in [0.2, 0.25) is 23.4 Å². The van der Waals surface area contributed by atoms with Crippen molar-refractivity contribution in [2.45, 2.75) is 58.0 Å². The standard InChI is InChI=1S/C20H27ClN2O4Si/c1-20(2,3)28(4,5)27-17(18(24)25)12-14-8-6-7-9-16(14)26-13-15-10-11-22-19(21)23-15/h6-11,17H,12-13H2,1-5H3,(H,24,25)/t17-/m0/s1. The number of aliphatic carboxylic acids is 1. The van der Waals surface area contributed by atoms with Crippen molar-refractivity contribution in [3.63, 3.8) is 0 Å². The van der Waals surface area contributed by atoms with Gasteiger partial charge in [0.05, 0.1) is 5.69 Å². The molecule has 2 rings (SSSR count). The molecule has 0 aliphatic heterocycles. The van der Waals surface area contributed by atoms with E-state index in [1.807, 2.05) is 37.4 Å². The lowest BCUT2D eigenvalue weighted by Gasteiger charge is -2.38. The smallest absolute Gasteiger partial charge is 0.331 e. The van der Waals surface area contributed by atoms with Crippen LogP contribution in [0.1, 0.15) is 32.0 Å². The van der Waals surface area contributed by atoms with Crippen molar-refractivity contribution in [2.24, 2.45) is 0 Å². The number of para-hydroxylation sites is 1. The monoisotopic (exact) mass is 422 g/mol. The number of carbonyl (C=O) groups is 1. The van der Waals surface area contributed by atoms with Gasteiger partial charge in [-0.25, -0.2) is 14.8 Å². The molecule has 0 aliphatic carbocycles. The number of nitrogens with zero attached hydrogens (tertiary/aromatic N) is 2. The summed E-state index contributed by atoms with van der Waals surface area (Å²) in [6, 6.07) is 9.08. The highest BCUT2D eigenvalue weighted by atomic mass is 35.5. The van der Waals surface area contributed by atoms with E-state index in [0.717, 1.165) is 5.56 Å². The van der Waals surface area contributed by atoms with Gasteiger partial charge in [-0.05, 0) is 47.4 Å². The Bertz CT molecular complexity index is 824. The van der Waals surface area contributed by atoms with Gasteiger partial charge >= 0.3 is 5.97 Å². The fraction of sp³-hybridized carbons (Fsp3) is 0.450. The van der Waals surface area contributed by atoms with E-state index in [4.69, 9.17) is 20.8 Å². The quantitative estimate of drug-likeness (QED) is 0.489. The minimum Gasteiger partial charge on any atom is -0.487 e. The Hall–Kier alpha value is -1.96. The van der Waals surface area contributed by atoms with Crippen molar-refractivity contribution >= 4 is 25.9 Å². The Morgan fingerprint density at radius 3 is 2.54 bits per heavy atom. The molecule has 0 radical (unpaired) electrons. The van der Waals surface area contributed by atoms with Crippen LogP contribution in [0, 0.1) is 0 Å². The Morgan fingerprint density at radius 2 is 1.93 bits per heavy atom. The minimum absolute atomic E-state index is 0.0804. The highest BCUT2D eigenvalue weighted by molar-refractivity contribution is 6.74. The maximum absolute atomic E-state index is 11.9. The third-order valence-electron chi connectivity index (χ3n) is 4.96. The molecular weight excluding hydrogens is 396 g/mol. The van der Waals surface area contributed by atoms with Crippen LogP contribution in [-0.2, 0) is 22.2 Å². The third-order valence-corrected chi connectivity index (χ3v) is 9.62. The van der Waals surface area contributed by atoms with E-state index in [1.165, 1.54) is 0 Å². The molecule has 0 unspecified atom stereocenters. The van der Waals surface area contributed by atoms with Crippen molar-refractivity contribution in [3.05, 3.63) is 53.1 Å². The van der Waals surface area contributed by atoms with Crippen LogP contribution in [-0.4, -0.2) is 35.5 Å². The average molecular weight is 423 g/mol. The van der Waals surface area contributed by atoms with Crippen LogP contribution >= 0.6 is 11.6 Å². The van der Waals surface area contributed by atoms with Crippen molar-refractivity contribution in [2.75, 3.05) is 0 Å². The van der Waals surface area contributed by atoms with Crippen LogP contribution in [0.3, 0.4) is 0 Å². The summed E-state index contributed by atoms with van der Waals surface area (Å²) in [5.74, 6) is -0.371. The van der Waals surface area contributed by atoms with Gasteiger partial charge < -0.3 is 14.3 Å². The van der Waals surface area contributed by atoms with E-state index in [1.54, 1.807) is 12.3 Å². The molecule has 0 amide bonds. The van der Waals surface area contributed by atoms with Crippen LogP contribution in [0.4, 0.5) is 0 Å². The topological polar surface area (TPSA) is 81.5 Å². The Labute approximate surface area is 172 Å². The van der Waals surface area contributed by atoms with Gasteiger partial charge in [-0.2, -0.15) is 0 Å². The first-order valence-corrected chi connectivity index (χ1v) is 12.4. The van der Waals surface area contributed by atoms with E-state index in [0.29, 0.717) is 11.4 Å². The Balaban J connectivity index is 2.16. The molecule has 0 saturated heterocycles. The van der Waals surface area contributed by atoms with Gasteiger partial charge in [0.25, 0.3) is 0 Å². The number of benzene rings is 1. The van der Waals surface area contributed by atoms with Gasteiger partial charge in [-0.15, -0.1) is 0 Å². The Kier molecular flexibility index (Phi) is 7.20. The summed E-state index contributed by atoms with van der Waals surface area (Å²) in [4.78, 5) is 19.8. The lowest BCUT2D eigenvalue weighted by atomic mass is 10.1. The maximum Gasteiger partial charge on any atom is 0.331 e. The fourth-order valence-corrected chi connectivity index (χ4v) is 3.74. The number of aromatic nitrogens is 2. The van der Waals surface area contributed by atoms with Gasteiger partial charge in [0, 0.05) is 12.6 Å². The molecule has 1 atom stereocenters. The highest BCUT2D eigenvalue weighted by Crippen LogP contribution is 2.38. The maximum atomic E-state index is 11.9. The van der Waals surface area contributed by atoms with Crippen molar-refractivity contribution in [1.29, 1.82) is 0 Å². The molecule has 2 aromatic rings. The van der Waals surface area contributed by atoms with Gasteiger partial charge in [0.1, 0.15) is 18.5 Å². The number of hydrogen-bond acceptors (Lipinski definition) is 5. The third kappa shape index (κ3) is 6.02. The van der Waals surface area contributed by atoms with Gasteiger partial charge in [-0.3, -0.25) is 0 Å². The summed E-state index contributed by atoms with van der Waals surface area (Å²) in [5.41, 5.74) is 1.41. The number of carboxylic acids is 1. The van der Waals surface area contributed by atoms with Crippen molar-refractivity contribution in [1.82, 2.24) is 9.97 Å². The van der Waals surface area contributed by atoms with Crippen molar-refractivity contribution in [3.8, 4) is 5.75 Å². The lowest BCUT2D eigenvalue weighted by Crippen LogP contribution is -2.46. The number of halogens is 1. The Morgan fingerprint density at radius 1 is 1.25 bits per heavy atom. The molecule has 0 bridgehead atoms. The van der Waals surface area contributed by atoms with E-state index in [-0.39, 0.29) is 23.3 Å². The molecule has 0 saturated carbocycles. The highest BCUT2D eigenvalue weighted by Gasteiger charge is 2.40. The largest absolute Gasteiger partial charge is 0.487 e. The van der Waals surface area contributed by atoms with Gasteiger partial charge in [0.15, 0.2) is 8.32 Å². The second-order valence-electron chi connectivity index (χ2n) is 8.12. The van der Waals surface area contributed by atoms with Crippen LogP contribution in [0.5, 0.6) is 5.75 Å². The van der Waals surface area contributed by atoms with Crippen LogP contribution in [0.25, 0.3) is 0 Å². The second-order valence-corrected chi connectivity index (χ2v) is 13.2. The van der Waals surface area contributed by atoms with Crippen molar-refractivity contribution < 1.29 is 19.1 Å².